The first-order valence-electron chi connectivity index (χ1n) is 8.67. The van der Waals surface area contributed by atoms with Gasteiger partial charge in [0.2, 0.25) is 11.7 Å². The molecule has 0 fully saturated rings. The summed E-state index contributed by atoms with van der Waals surface area (Å²) in [6, 6.07) is 10.8. The minimum atomic E-state index is -0.450. The Morgan fingerprint density at radius 2 is 1.93 bits per heavy atom. The predicted octanol–water partition coefficient (Wildman–Crippen LogP) is 3.60. The van der Waals surface area contributed by atoms with Gasteiger partial charge in [0.25, 0.3) is 0 Å². The number of nitrogens with zero attached hydrogens (tertiary/aromatic N) is 4. The number of carbonyl (C=O) groups excluding carboxylic acids is 2. The number of hydrogen-bond donors (Lipinski definition) is 1. The van der Waals surface area contributed by atoms with Crippen LogP contribution in [-0.2, 0) is 17.9 Å². The van der Waals surface area contributed by atoms with Crippen LogP contribution in [0, 0.1) is 5.41 Å². The Hall–Kier alpha value is -2.58. The van der Waals surface area contributed by atoms with Crippen LogP contribution < -0.4 is 5.32 Å². The molecule has 146 valence electrons. The summed E-state index contributed by atoms with van der Waals surface area (Å²) in [5, 5.41) is 15.5. The fourth-order valence-corrected chi connectivity index (χ4v) is 3.42. The van der Waals surface area contributed by atoms with Crippen LogP contribution >= 0.6 is 22.9 Å². The number of ketones is 1. The molecular formula is C19H20ClN5O2S. The molecule has 1 aromatic carbocycles. The molecule has 0 radical (unpaired) electrons. The Bertz CT molecular complexity index is 1010. The summed E-state index contributed by atoms with van der Waals surface area (Å²) >= 11 is 7.48. The molecule has 0 saturated carbocycles. The second-order valence-corrected chi connectivity index (χ2v) is 8.82. The standard InChI is InChI=1S/C19H20ClN5O2S/c1-19(2,3)18(27)21-10-12-8-9-16(28-12)15(26)11-25-23-17(22-24-25)13-6-4-5-7-14(13)20/h4-9H,10-11H2,1-3H3,(H,21,27). The number of carbonyl (C=O) groups is 2. The average molecular weight is 418 g/mol. The van der Waals surface area contributed by atoms with Crippen molar-refractivity contribution >= 4 is 34.6 Å². The van der Waals surface area contributed by atoms with Crippen molar-refractivity contribution in [3.8, 4) is 11.4 Å². The number of Topliss-reactive ketones (excluding diaryl/α,β-unsaturated/α-hetero) is 1. The second kappa shape index (κ2) is 8.20. The lowest BCUT2D eigenvalue weighted by Gasteiger charge is -2.17. The minimum Gasteiger partial charge on any atom is -0.351 e. The summed E-state index contributed by atoms with van der Waals surface area (Å²) in [7, 11) is 0. The van der Waals surface area contributed by atoms with Crippen LogP contribution in [0.3, 0.4) is 0 Å². The number of rotatable bonds is 6. The van der Waals surface area contributed by atoms with Crippen LogP contribution in [0.25, 0.3) is 11.4 Å². The predicted molar refractivity (Wildman–Crippen MR) is 108 cm³/mol. The Kier molecular flexibility index (Phi) is 5.90. The van der Waals surface area contributed by atoms with E-state index in [4.69, 9.17) is 11.6 Å². The van der Waals surface area contributed by atoms with E-state index in [0.29, 0.717) is 27.8 Å². The number of tetrazole rings is 1. The Labute approximate surface area is 171 Å². The van der Waals surface area contributed by atoms with Gasteiger partial charge in [0, 0.05) is 15.9 Å². The molecule has 28 heavy (non-hydrogen) atoms. The van der Waals surface area contributed by atoms with Gasteiger partial charge >= 0.3 is 0 Å². The zero-order valence-electron chi connectivity index (χ0n) is 15.8. The summed E-state index contributed by atoms with van der Waals surface area (Å²) in [6.07, 6.45) is 0. The Morgan fingerprint density at radius 3 is 2.64 bits per heavy atom. The van der Waals surface area contributed by atoms with E-state index < -0.39 is 5.41 Å². The van der Waals surface area contributed by atoms with Crippen molar-refractivity contribution in [2.75, 3.05) is 0 Å². The highest BCUT2D eigenvalue weighted by Crippen LogP contribution is 2.24. The number of thiophene rings is 1. The summed E-state index contributed by atoms with van der Waals surface area (Å²) in [5.41, 5.74) is 0.212. The van der Waals surface area contributed by atoms with Gasteiger partial charge < -0.3 is 5.32 Å². The molecule has 1 N–H and O–H groups in total. The first-order valence-corrected chi connectivity index (χ1v) is 9.86. The molecule has 1 amide bonds. The zero-order chi connectivity index (χ0) is 20.3. The quantitative estimate of drug-likeness (QED) is 0.619. The fraction of sp³-hybridized carbons (Fsp3) is 0.316. The topological polar surface area (TPSA) is 89.8 Å². The average Bonchev–Trinajstić information content (AvgIpc) is 3.29. The van der Waals surface area contributed by atoms with E-state index in [0.717, 1.165) is 4.88 Å². The van der Waals surface area contributed by atoms with Crippen molar-refractivity contribution in [2.24, 2.45) is 5.41 Å². The van der Waals surface area contributed by atoms with Crippen LogP contribution in [0.15, 0.2) is 36.4 Å². The van der Waals surface area contributed by atoms with Crippen molar-refractivity contribution < 1.29 is 9.59 Å². The third-order valence-corrected chi connectivity index (χ3v) is 5.35. The zero-order valence-corrected chi connectivity index (χ0v) is 17.3. The van der Waals surface area contributed by atoms with Crippen molar-refractivity contribution in [2.45, 2.75) is 33.9 Å². The molecule has 7 nitrogen and oxygen atoms in total. The highest BCUT2D eigenvalue weighted by molar-refractivity contribution is 7.14. The van der Waals surface area contributed by atoms with Gasteiger partial charge in [-0.25, -0.2) is 0 Å². The SMILES string of the molecule is CC(C)(C)C(=O)NCc1ccc(C(=O)Cn2nnc(-c3ccccc3Cl)n2)s1. The number of benzene rings is 1. The van der Waals surface area contributed by atoms with Gasteiger partial charge in [-0.3, -0.25) is 9.59 Å². The van der Waals surface area contributed by atoms with Crippen molar-refractivity contribution in [1.29, 1.82) is 0 Å². The minimum absolute atomic E-state index is 0.0221. The molecule has 0 aliphatic rings. The van der Waals surface area contributed by atoms with Crippen LogP contribution in [-0.4, -0.2) is 31.9 Å². The normalized spacial score (nSPS) is 11.4. The van der Waals surface area contributed by atoms with Gasteiger partial charge in [-0.2, -0.15) is 4.80 Å². The molecule has 0 bridgehead atoms. The summed E-state index contributed by atoms with van der Waals surface area (Å²) < 4.78 is 0. The lowest BCUT2D eigenvalue weighted by atomic mass is 9.96. The van der Waals surface area contributed by atoms with Gasteiger partial charge in [0.1, 0.15) is 6.54 Å². The molecule has 0 unspecified atom stereocenters. The molecule has 2 aromatic heterocycles. The fourth-order valence-electron chi connectivity index (χ4n) is 2.32. The first kappa shape index (κ1) is 20.2. The van der Waals surface area contributed by atoms with Gasteiger partial charge in [-0.15, -0.1) is 21.5 Å². The van der Waals surface area contributed by atoms with E-state index in [1.807, 2.05) is 39.0 Å². The number of amides is 1. The van der Waals surface area contributed by atoms with E-state index in [2.05, 4.69) is 20.7 Å². The molecule has 0 atom stereocenters. The monoisotopic (exact) mass is 417 g/mol. The van der Waals surface area contributed by atoms with Crippen LogP contribution in [0.1, 0.15) is 35.3 Å². The maximum Gasteiger partial charge on any atom is 0.225 e. The molecule has 3 rings (SSSR count). The van der Waals surface area contributed by atoms with Crippen LogP contribution in [0.4, 0.5) is 0 Å². The number of hydrogen-bond acceptors (Lipinski definition) is 6. The number of aromatic nitrogens is 4. The van der Waals surface area contributed by atoms with E-state index in [-0.39, 0.29) is 18.2 Å². The molecule has 0 spiro atoms. The van der Waals surface area contributed by atoms with Crippen molar-refractivity contribution in [1.82, 2.24) is 25.5 Å². The molecule has 0 saturated heterocycles. The molecule has 2 heterocycles. The van der Waals surface area contributed by atoms with Gasteiger partial charge in [-0.05, 0) is 29.5 Å². The van der Waals surface area contributed by atoms with Crippen LogP contribution in [0.2, 0.25) is 5.02 Å². The first-order chi connectivity index (χ1) is 13.2. The number of nitrogens with one attached hydrogen (secondary N) is 1. The van der Waals surface area contributed by atoms with E-state index in [1.54, 1.807) is 18.2 Å². The summed E-state index contributed by atoms with van der Waals surface area (Å²) in [5.74, 6) is 0.212. The van der Waals surface area contributed by atoms with Gasteiger partial charge in [0.15, 0.2) is 5.78 Å². The number of halogens is 1. The molecule has 0 aliphatic heterocycles. The van der Waals surface area contributed by atoms with Crippen molar-refractivity contribution in [3.05, 3.63) is 51.2 Å². The lowest BCUT2D eigenvalue weighted by Crippen LogP contribution is -2.34. The second-order valence-electron chi connectivity index (χ2n) is 7.25. The van der Waals surface area contributed by atoms with Gasteiger partial charge in [0.05, 0.1) is 16.4 Å². The highest BCUT2D eigenvalue weighted by atomic mass is 35.5. The largest absolute Gasteiger partial charge is 0.351 e. The van der Waals surface area contributed by atoms with E-state index in [9.17, 15) is 9.59 Å². The smallest absolute Gasteiger partial charge is 0.225 e. The third kappa shape index (κ3) is 4.82. The highest BCUT2D eigenvalue weighted by Gasteiger charge is 2.21. The maximum absolute atomic E-state index is 12.5. The van der Waals surface area contributed by atoms with Gasteiger partial charge in [-0.1, -0.05) is 44.5 Å². The third-order valence-electron chi connectivity index (χ3n) is 3.89. The molecular weight excluding hydrogens is 398 g/mol. The Morgan fingerprint density at radius 1 is 1.18 bits per heavy atom. The summed E-state index contributed by atoms with van der Waals surface area (Å²) in [6.45, 7) is 5.94. The maximum atomic E-state index is 12.5. The van der Waals surface area contributed by atoms with E-state index >= 15 is 0 Å². The molecule has 9 heteroatoms. The Balaban J connectivity index is 1.62. The summed E-state index contributed by atoms with van der Waals surface area (Å²) in [4.78, 5) is 27.2. The van der Waals surface area contributed by atoms with E-state index in [1.165, 1.54) is 16.1 Å². The molecule has 0 aliphatic carbocycles. The molecule has 3 aromatic rings. The van der Waals surface area contributed by atoms with Crippen molar-refractivity contribution in [3.63, 3.8) is 0 Å². The van der Waals surface area contributed by atoms with Crippen LogP contribution in [0.5, 0.6) is 0 Å². The lowest BCUT2D eigenvalue weighted by molar-refractivity contribution is -0.128.